The van der Waals surface area contributed by atoms with E-state index >= 15 is 0 Å². The molecule has 0 N–H and O–H groups in total. The van der Waals surface area contributed by atoms with Gasteiger partial charge >= 0.3 is 0 Å². The topological polar surface area (TPSA) is 3.24 Å². The van der Waals surface area contributed by atoms with Crippen molar-refractivity contribution in [1.29, 1.82) is 0 Å². The molecule has 0 aromatic heterocycles. The van der Waals surface area contributed by atoms with Crippen molar-refractivity contribution in [1.82, 2.24) is 4.90 Å². The van der Waals surface area contributed by atoms with Gasteiger partial charge < -0.3 is 0 Å². The SMILES string of the molecule is CN(Cc1cccc(Br)c1)C1CCCC1. The molecular weight excluding hydrogens is 250 g/mol. The smallest absolute Gasteiger partial charge is 0.0234 e. The van der Waals surface area contributed by atoms with Crippen LogP contribution in [0.1, 0.15) is 31.2 Å². The van der Waals surface area contributed by atoms with Crippen LogP contribution in [0, 0.1) is 0 Å². The molecule has 0 radical (unpaired) electrons. The molecule has 0 aliphatic heterocycles. The van der Waals surface area contributed by atoms with Crippen LogP contribution < -0.4 is 0 Å². The molecule has 0 heterocycles. The Morgan fingerprint density at radius 2 is 2.07 bits per heavy atom. The molecule has 15 heavy (non-hydrogen) atoms. The molecule has 0 atom stereocenters. The molecule has 1 fully saturated rings. The lowest BCUT2D eigenvalue weighted by Crippen LogP contribution is -2.28. The van der Waals surface area contributed by atoms with Crippen molar-refractivity contribution in [3.63, 3.8) is 0 Å². The number of benzene rings is 1. The highest BCUT2D eigenvalue weighted by molar-refractivity contribution is 9.10. The van der Waals surface area contributed by atoms with Gasteiger partial charge in [0.1, 0.15) is 0 Å². The van der Waals surface area contributed by atoms with Crippen molar-refractivity contribution in [2.75, 3.05) is 7.05 Å². The molecular formula is C13H18BrN. The van der Waals surface area contributed by atoms with Crippen molar-refractivity contribution in [2.24, 2.45) is 0 Å². The van der Waals surface area contributed by atoms with E-state index in [-0.39, 0.29) is 0 Å². The second kappa shape index (κ2) is 5.13. The first kappa shape index (κ1) is 11.2. The molecule has 1 aliphatic carbocycles. The monoisotopic (exact) mass is 267 g/mol. The van der Waals surface area contributed by atoms with Crippen LogP contribution in [0.15, 0.2) is 28.7 Å². The number of halogens is 1. The van der Waals surface area contributed by atoms with E-state index in [1.165, 1.54) is 35.7 Å². The first-order valence-corrected chi connectivity index (χ1v) is 6.50. The van der Waals surface area contributed by atoms with Gasteiger partial charge in [0.15, 0.2) is 0 Å². The molecule has 0 amide bonds. The van der Waals surface area contributed by atoms with Crippen molar-refractivity contribution in [2.45, 2.75) is 38.3 Å². The third-order valence-electron chi connectivity index (χ3n) is 3.27. The molecule has 0 spiro atoms. The average Bonchev–Trinajstić information content (AvgIpc) is 2.70. The van der Waals surface area contributed by atoms with Gasteiger partial charge in [0.25, 0.3) is 0 Å². The quantitative estimate of drug-likeness (QED) is 0.805. The fourth-order valence-corrected chi connectivity index (χ4v) is 2.84. The minimum absolute atomic E-state index is 0.809. The molecule has 0 unspecified atom stereocenters. The van der Waals surface area contributed by atoms with E-state index in [2.05, 4.69) is 52.1 Å². The second-order valence-corrected chi connectivity index (χ2v) is 5.40. The van der Waals surface area contributed by atoms with Crippen LogP contribution in [-0.4, -0.2) is 18.0 Å². The molecule has 2 heteroatoms. The zero-order chi connectivity index (χ0) is 10.7. The first-order valence-electron chi connectivity index (χ1n) is 5.70. The van der Waals surface area contributed by atoms with E-state index in [0.29, 0.717) is 0 Å². The summed E-state index contributed by atoms with van der Waals surface area (Å²) < 4.78 is 1.18. The fourth-order valence-electron chi connectivity index (χ4n) is 2.40. The van der Waals surface area contributed by atoms with Gasteiger partial charge in [-0.2, -0.15) is 0 Å². The summed E-state index contributed by atoms with van der Waals surface area (Å²) in [5.41, 5.74) is 1.40. The zero-order valence-corrected chi connectivity index (χ0v) is 10.8. The van der Waals surface area contributed by atoms with Crippen LogP contribution in [0.2, 0.25) is 0 Å². The highest BCUT2D eigenvalue weighted by Crippen LogP contribution is 2.24. The van der Waals surface area contributed by atoms with Gasteiger partial charge in [0.2, 0.25) is 0 Å². The lowest BCUT2D eigenvalue weighted by Gasteiger charge is -2.24. The van der Waals surface area contributed by atoms with Crippen molar-refractivity contribution in [3.8, 4) is 0 Å². The van der Waals surface area contributed by atoms with Gasteiger partial charge in [-0.25, -0.2) is 0 Å². The lowest BCUT2D eigenvalue weighted by molar-refractivity contribution is 0.237. The molecule has 1 saturated carbocycles. The maximum Gasteiger partial charge on any atom is 0.0234 e. The fraction of sp³-hybridized carbons (Fsp3) is 0.538. The summed E-state index contributed by atoms with van der Waals surface area (Å²) in [4.78, 5) is 2.49. The molecule has 0 bridgehead atoms. The van der Waals surface area contributed by atoms with Crippen LogP contribution >= 0.6 is 15.9 Å². The van der Waals surface area contributed by atoms with Gasteiger partial charge in [-0.05, 0) is 37.6 Å². The van der Waals surface area contributed by atoms with E-state index in [9.17, 15) is 0 Å². The van der Waals surface area contributed by atoms with Crippen LogP contribution in [0.4, 0.5) is 0 Å². The van der Waals surface area contributed by atoms with Crippen LogP contribution in [0.3, 0.4) is 0 Å². The van der Waals surface area contributed by atoms with E-state index in [1.807, 2.05) is 0 Å². The highest BCUT2D eigenvalue weighted by Gasteiger charge is 2.19. The molecule has 1 nitrogen and oxygen atoms in total. The molecule has 0 saturated heterocycles. The van der Waals surface area contributed by atoms with Crippen molar-refractivity contribution < 1.29 is 0 Å². The van der Waals surface area contributed by atoms with Crippen LogP contribution in [-0.2, 0) is 6.54 Å². The Morgan fingerprint density at radius 3 is 2.73 bits per heavy atom. The van der Waals surface area contributed by atoms with Crippen LogP contribution in [0.25, 0.3) is 0 Å². The summed E-state index contributed by atoms with van der Waals surface area (Å²) in [6.07, 6.45) is 5.58. The Balaban J connectivity index is 1.95. The van der Waals surface area contributed by atoms with Gasteiger partial charge in [0, 0.05) is 17.1 Å². The molecule has 2 rings (SSSR count). The number of hydrogen-bond donors (Lipinski definition) is 0. The third kappa shape index (κ3) is 3.05. The Labute approximate surface area is 101 Å². The number of nitrogens with zero attached hydrogens (tertiary/aromatic N) is 1. The minimum atomic E-state index is 0.809. The van der Waals surface area contributed by atoms with E-state index in [0.717, 1.165) is 12.6 Å². The number of hydrogen-bond acceptors (Lipinski definition) is 1. The second-order valence-electron chi connectivity index (χ2n) is 4.48. The Morgan fingerprint density at radius 1 is 1.33 bits per heavy atom. The highest BCUT2D eigenvalue weighted by atomic mass is 79.9. The zero-order valence-electron chi connectivity index (χ0n) is 9.25. The number of rotatable bonds is 3. The Hall–Kier alpha value is -0.340. The maximum atomic E-state index is 3.52. The summed E-state index contributed by atoms with van der Waals surface area (Å²) in [5.74, 6) is 0. The molecule has 1 aromatic rings. The van der Waals surface area contributed by atoms with E-state index in [4.69, 9.17) is 0 Å². The van der Waals surface area contributed by atoms with Gasteiger partial charge in [-0.15, -0.1) is 0 Å². The van der Waals surface area contributed by atoms with Crippen LogP contribution in [0.5, 0.6) is 0 Å². The molecule has 1 aromatic carbocycles. The summed E-state index contributed by atoms with van der Waals surface area (Å²) in [6.45, 7) is 1.07. The van der Waals surface area contributed by atoms with Gasteiger partial charge in [-0.3, -0.25) is 4.90 Å². The van der Waals surface area contributed by atoms with E-state index < -0.39 is 0 Å². The van der Waals surface area contributed by atoms with Crippen molar-refractivity contribution in [3.05, 3.63) is 34.3 Å². The maximum absolute atomic E-state index is 3.52. The van der Waals surface area contributed by atoms with Crippen molar-refractivity contribution >= 4 is 15.9 Å². The third-order valence-corrected chi connectivity index (χ3v) is 3.76. The summed E-state index contributed by atoms with van der Waals surface area (Å²) in [5, 5.41) is 0. The predicted octanol–water partition coefficient (Wildman–Crippen LogP) is 3.82. The molecule has 1 aliphatic rings. The van der Waals surface area contributed by atoms with Gasteiger partial charge in [0.05, 0.1) is 0 Å². The molecule has 82 valence electrons. The first-order chi connectivity index (χ1) is 7.25. The largest absolute Gasteiger partial charge is 0.299 e. The summed E-state index contributed by atoms with van der Waals surface area (Å²) in [7, 11) is 2.25. The normalized spacial score (nSPS) is 17.5. The Bertz CT molecular complexity index is 318. The standard InChI is InChI=1S/C13H18BrN/c1-15(13-7-2-3-8-13)10-11-5-4-6-12(14)9-11/h4-6,9,13H,2-3,7-8,10H2,1H3. The summed E-state index contributed by atoms with van der Waals surface area (Å²) >= 11 is 3.52. The minimum Gasteiger partial charge on any atom is -0.299 e. The lowest BCUT2D eigenvalue weighted by atomic mass is 10.1. The van der Waals surface area contributed by atoms with E-state index in [1.54, 1.807) is 0 Å². The average molecular weight is 268 g/mol. The predicted molar refractivity (Wildman–Crippen MR) is 67.9 cm³/mol. The Kier molecular flexibility index (Phi) is 3.81. The van der Waals surface area contributed by atoms with Gasteiger partial charge in [-0.1, -0.05) is 40.9 Å². The summed E-state index contributed by atoms with van der Waals surface area (Å²) in [6, 6.07) is 9.42.